The van der Waals surface area contributed by atoms with Crippen molar-refractivity contribution in [3.05, 3.63) is 47.1 Å². The third-order valence-corrected chi connectivity index (χ3v) is 3.28. The largest absolute Gasteiger partial charge is 0.460 e. The molecule has 1 aliphatic heterocycles. The Morgan fingerprint density at radius 1 is 1.45 bits per heavy atom. The van der Waals surface area contributed by atoms with E-state index in [-0.39, 0.29) is 18.5 Å². The third kappa shape index (κ3) is 2.42. The highest BCUT2D eigenvalue weighted by atomic mass is 16.5. The summed E-state index contributed by atoms with van der Waals surface area (Å²) in [5.41, 5.74) is 2.53. The molecule has 6 heteroatoms. The fourth-order valence-electron chi connectivity index (χ4n) is 2.28. The number of fused-ring (bicyclic) bond motifs is 1. The highest BCUT2D eigenvalue weighted by Gasteiger charge is 2.25. The first-order valence-corrected chi connectivity index (χ1v) is 6.59. The predicted molar refractivity (Wildman–Crippen MR) is 70.0 cm³/mol. The van der Waals surface area contributed by atoms with Gasteiger partial charge in [0.15, 0.2) is 0 Å². The maximum Gasteiger partial charge on any atom is 0.379 e. The smallest absolute Gasteiger partial charge is 0.379 e. The highest BCUT2D eigenvalue weighted by molar-refractivity contribution is 5.84. The van der Waals surface area contributed by atoms with Crippen molar-refractivity contribution in [2.45, 2.75) is 25.9 Å². The lowest BCUT2D eigenvalue weighted by atomic mass is 9.96. The monoisotopic (exact) mass is 273 g/mol. The van der Waals surface area contributed by atoms with Crippen LogP contribution >= 0.6 is 0 Å². The number of benzene rings is 1. The quantitative estimate of drug-likeness (QED) is 0.856. The van der Waals surface area contributed by atoms with E-state index >= 15 is 0 Å². The molecule has 0 saturated heterocycles. The molecule has 20 heavy (non-hydrogen) atoms. The van der Waals surface area contributed by atoms with Crippen LogP contribution in [0, 0.1) is 0 Å². The second-order valence-electron chi connectivity index (χ2n) is 4.58. The Balaban J connectivity index is 1.77. The van der Waals surface area contributed by atoms with Gasteiger partial charge < -0.3 is 14.6 Å². The Morgan fingerprint density at radius 2 is 2.25 bits per heavy atom. The Morgan fingerprint density at radius 3 is 3.05 bits per heavy atom. The number of ether oxygens (including phenoxy) is 1. The normalized spacial score (nSPS) is 17.6. The average molecular weight is 273 g/mol. The van der Waals surface area contributed by atoms with Gasteiger partial charge in [-0.1, -0.05) is 24.3 Å². The fourth-order valence-corrected chi connectivity index (χ4v) is 2.28. The van der Waals surface area contributed by atoms with E-state index < -0.39 is 5.97 Å². The molecule has 0 bridgehead atoms. The Labute approximate surface area is 116 Å². The second kappa shape index (κ2) is 5.42. The maximum absolute atomic E-state index is 11.5. The Bertz CT molecular complexity index is 624. The van der Waals surface area contributed by atoms with Crippen molar-refractivity contribution in [1.29, 1.82) is 0 Å². The number of nitrogens with zero attached hydrogens (tertiary/aromatic N) is 2. The maximum atomic E-state index is 11.5. The number of hydrogen-bond acceptors (Lipinski definition) is 6. The molecule has 2 heterocycles. The second-order valence-corrected chi connectivity index (χ2v) is 4.58. The van der Waals surface area contributed by atoms with Crippen LogP contribution in [0.25, 0.3) is 0 Å². The Kier molecular flexibility index (Phi) is 3.47. The van der Waals surface area contributed by atoms with Crippen molar-refractivity contribution in [2.24, 2.45) is 0 Å². The van der Waals surface area contributed by atoms with Crippen LogP contribution < -0.4 is 5.32 Å². The zero-order valence-corrected chi connectivity index (χ0v) is 11.1. The predicted octanol–water partition coefficient (Wildman–Crippen LogP) is 1.63. The SMILES string of the molecule is CCOC(=O)c1noc(C2Cc3ccccc3CN2)n1. The van der Waals surface area contributed by atoms with E-state index in [1.165, 1.54) is 11.1 Å². The molecule has 0 aliphatic carbocycles. The summed E-state index contributed by atoms with van der Waals surface area (Å²) in [7, 11) is 0. The van der Waals surface area contributed by atoms with Gasteiger partial charge in [-0.05, 0) is 29.6 Å². The van der Waals surface area contributed by atoms with Crippen molar-refractivity contribution in [2.75, 3.05) is 6.61 Å². The number of carbonyl (C=O) groups excluding carboxylic acids is 1. The van der Waals surface area contributed by atoms with Crippen molar-refractivity contribution >= 4 is 5.97 Å². The zero-order chi connectivity index (χ0) is 13.9. The van der Waals surface area contributed by atoms with Crippen LogP contribution in [0.15, 0.2) is 28.8 Å². The van der Waals surface area contributed by atoms with Crippen LogP contribution in [0.5, 0.6) is 0 Å². The molecular formula is C14H15N3O3. The van der Waals surface area contributed by atoms with Gasteiger partial charge in [0.2, 0.25) is 5.89 Å². The molecule has 1 unspecified atom stereocenters. The molecule has 0 spiro atoms. The van der Waals surface area contributed by atoms with E-state index in [0.717, 1.165) is 13.0 Å². The first kappa shape index (κ1) is 12.8. The molecule has 0 fully saturated rings. The van der Waals surface area contributed by atoms with Crippen molar-refractivity contribution in [3.63, 3.8) is 0 Å². The van der Waals surface area contributed by atoms with E-state index in [9.17, 15) is 4.79 Å². The third-order valence-electron chi connectivity index (χ3n) is 3.28. The van der Waals surface area contributed by atoms with E-state index in [2.05, 4.69) is 27.6 Å². The minimum atomic E-state index is -0.557. The first-order valence-electron chi connectivity index (χ1n) is 6.59. The van der Waals surface area contributed by atoms with Gasteiger partial charge >= 0.3 is 5.97 Å². The summed E-state index contributed by atoms with van der Waals surface area (Å²) in [5, 5.41) is 6.99. The zero-order valence-electron chi connectivity index (χ0n) is 11.1. The van der Waals surface area contributed by atoms with Gasteiger partial charge in [-0.2, -0.15) is 4.98 Å². The van der Waals surface area contributed by atoms with Gasteiger partial charge in [0.25, 0.3) is 5.82 Å². The fraction of sp³-hybridized carbons (Fsp3) is 0.357. The van der Waals surface area contributed by atoms with Gasteiger partial charge in [0, 0.05) is 6.54 Å². The van der Waals surface area contributed by atoms with Gasteiger partial charge in [-0.3, -0.25) is 0 Å². The molecule has 1 aromatic heterocycles. The molecule has 0 radical (unpaired) electrons. The van der Waals surface area contributed by atoms with Crippen LogP contribution in [0.1, 0.15) is 40.6 Å². The minimum absolute atomic E-state index is 0.0255. The number of aromatic nitrogens is 2. The molecular weight excluding hydrogens is 258 g/mol. The standard InChI is InChI=1S/C14H15N3O3/c1-2-19-14(18)12-16-13(20-17-12)11-7-9-5-3-4-6-10(9)8-15-11/h3-6,11,15H,2,7-8H2,1H3. The van der Waals surface area contributed by atoms with Crippen molar-refractivity contribution in [1.82, 2.24) is 15.5 Å². The molecule has 1 atom stereocenters. The Hall–Kier alpha value is -2.21. The van der Waals surface area contributed by atoms with E-state index in [4.69, 9.17) is 9.26 Å². The lowest BCUT2D eigenvalue weighted by molar-refractivity contribution is 0.0508. The summed E-state index contributed by atoms with van der Waals surface area (Å²) >= 11 is 0. The number of hydrogen-bond donors (Lipinski definition) is 1. The lowest BCUT2D eigenvalue weighted by Crippen LogP contribution is -2.28. The summed E-state index contributed by atoms with van der Waals surface area (Å²) in [4.78, 5) is 15.6. The molecule has 104 valence electrons. The summed E-state index contributed by atoms with van der Waals surface area (Å²) < 4.78 is 10.0. The van der Waals surface area contributed by atoms with E-state index in [0.29, 0.717) is 5.89 Å². The minimum Gasteiger partial charge on any atom is -0.460 e. The molecule has 1 aliphatic rings. The molecule has 2 aromatic rings. The molecule has 0 saturated carbocycles. The first-order chi connectivity index (χ1) is 9.78. The molecule has 3 rings (SSSR count). The van der Waals surface area contributed by atoms with Crippen molar-refractivity contribution < 1.29 is 14.1 Å². The molecule has 0 amide bonds. The van der Waals surface area contributed by atoms with Crippen LogP contribution in [0.4, 0.5) is 0 Å². The summed E-state index contributed by atoms with van der Waals surface area (Å²) in [6.45, 7) is 2.77. The average Bonchev–Trinajstić information content (AvgIpc) is 2.97. The topological polar surface area (TPSA) is 77.2 Å². The van der Waals surface area contributed by atoms with Crippen LogP contribution in [0.2, 0.25) is 0 Å². The molecule has 1 aromatic carbocycles. The van der Waals surface area contributed by atoms with E-state index in [1.54, 1.807) is 6.92 Å². The number of rotatable bonds is 3. The van der Waals surface area contributed by atoms with Crippen molar-refractivity contribution in [3.8, 4) is 0 Å². The van der Waals surface area contributed by atoms with Gasteiger partial charge in [0.1, 0.15) is 0 Å². The van der Waals surface area contributed by atoms with Crippen LogP contribution in [-0.4, -0.2) is 22.7 Å². The van der Waals surface area contributed by atoms with Crippen LogP contribution in [-0.2, 0) is 17.7 Å². The number of carbonyl (C=O) groups is 1. The molecule has 6 nitrogen and oxygen atoms in total. The van der Waals surface area contributed by atoms with Crippen LogP contribution in [0.3, 0.4) is 0 Å². The van der Waals surface area contributed by atoms with Gasteiger partial charge in [-0.15, -0.1) is 0 Å². The summed E-state index contributed by atoms with van der Waals surface area (Å²) in [6.07, 6.45) is 0.765. The van der Waals surface area contributed by atoms with Gasteiger partial charge in [-0.25, -0.2) is 4.79 Å². The van der Waals surface area contributed by atoms with E-state index in [1.807, 2.05) is 12.1 Å². The van der Waals surface area contributed by atoms with Gasteiger partial charge in [0.05, 0.1) is 12.6 Å². The highest BCUT2D eigenvalue weighted by Crippen LogP contribution is 2.24. The summed E-state index contributed by atoms with van der Waals surface area (Å²) in [6, 6.07) is 8.15. The molecule has 1 N–H and O–H groups in total. The lowest BCUT2D eigenvalue weighted by Gasteiger charge is -2.23. The number of esters is 1. The summed E-state index contributed by atoms with van der Waals surface area (Å²) in [5.74, 6) is -0.163. The number of nitrogens with one attached hydrogen (secondary N) is 1.